The van der Waals surface area contributed by atoms with Gasteiger partial charge in [-0.1, -0.05) is 45.0 Å². The minimum atomic E-state index is -1.09. The minimum absolute atomic E-state index is 0.0930. The predicted octanol–water partition coefficient (Wildman–Crippen LogP) is 3.10. The molecule has 3 heteroatoms. The van der Waals surface area contributed by atoms with Crippen molar-refractivity contribution in [3.8, 4) is 0 Å². The van der Waals surface area contributed by atoms with Crippen molar-refractivity contribution in [2.45, 2.75) is 51.9 Å². The third kappa shape index (κ3) is 5.48. The summed E-state index contributed by atoms with van der Waals surface area (Å²) in [5, 5.41) is 10.3. The zero-order valence-corrected chi connectivity index (χ0v) is 12.4. The van der Waals surface area contributed by atoms with Gasteiger partial charge in [-0.25, -0.2) is 0 Å². The van der Waals surface area contributed by atoms with Crippen LogP contribution in [0.1, 0.15) is 38.8 Å². The van der Waals surface area contributed by atoms with E-state index in [1.807, 2.05) is 18.2 Å². The highest BCUT2D eigenvalue weighted by atomic mass is 28.2. The van der Waals surface area contributed by atoms with Gasteiger partial charge in [-0.2, -0.15) is 0 Å². The number of hydrogen-bond acceptors (Lipinski definition) is 2. The fourth-order valence-electron chi connectivity index (χ4n) is 1.46. The van der Waals surface area contributed by atoms with Crippen molar-refractivity contribution in [2.24, 2.45) is 0 Å². The number of hydrogen-bond donors (Lipinski definition) is 1. The van der Waals surface area contributed by atoms with Crippen LogP contribution in [-0.4, -0.2) is 20.7 Å². The van der Waals surface area contributed by atoms with Crippen molar-refractivity contribution in [1.82, 2.24) is 0 Å². The Kier molecular flexibility index (Phi) is 4.53. The number of aryl methyl sites for hydroxylation is 1. The van der Waals surface area contributed by atoms with Gasteiger partial charge in [0.1, 0.15) is 0 Å². The molecule has 1 N–H and O–H groups in total. The molecule has 0 aliphatic heterocycles. The lowest BCUT2D eigenvalue weighted by Crippen LogP contribution is -2.35. The molecule has 0 bridgehead atoms. The van der Waals surface area contributed by atoms with E-state index in [9.17, 15) is 5.11 Å². The van der Waals surface area contributed by atoms with Crippen LogP contribution in [0.2, 0.25) is 5.04 Å². The van der Waals surface area contributed by atoms with E-state index in [1.54, 1.807) is 6.92 Å². The maximum atomic E-state index is 10.2. The van der Waals surface area contributed by atoms with E-state index < -0.39 is 5.79 Å². The van der Waals surface area contributed by atoms with Crippen LogP contribution >= 0.6 is 0 Å². The lowest BCUT2D eigenvalue weighted by molar-refractivity contribution is -0.121. The van der Waals surface area contributed by atoms with Gasteiger partial charge in [0, 0.05) is 6.42 Å². The molecule has 1 aromatic carbocycles. The Hall–Kier alpha value is -0.643. The first-order chi connectivity index (χ1) is 7.70. The Morgan fingerprint density at radius 1 is 1.18 bits per heavy atom. The summed E-state index contributed by atoms with van der Waals surface area (Å²) in [7, 11) is 0.291. The summed E-state index contributed by atoms with van der Waals surface area (Å²) in [6.45, 7) is 10.1. The normalized spacial score (nSPS) is 15.6. The van der Waals surface area contributed by atoms with Crippen LogP contribution < -0.4 is 0 Å². The number of rotatable bonds is 4. The number of benzene rings is 1. The maximum absolute atomic E-state index is 10.2. The molecule has 2 radical (unpaired) electrons. The number of aliphatic hydroxyl groups is 1. The minimum Gasteiger partial charge on any atom is -0.390 e. The molecule has 0 aromatic heterocycles. The van der Waals surface area contributed by atoms with Gasteiger partial charge in [0.2, 0.25) is 9.76 Å². The lowest BCUT2D eigenvalue weighted by Gasteiger charge is -2.28. The van der Waals surface area contributed by atoms with Crippen LogP contribution in [-0.2, 0) is 10.8 Å². The molecule has 0 aliphatic rings. The summed E-state index contributed by atoms with van der Waals surface area (Å²) in [5.41, 5.74) is 2.33. The first kappa shape index (κ1) is 14.4. The monoisotopic (exact) mass is 250 g/mol. The molecule has 0 saturated carbocycles. The second kappa shape index (κ2) is 5.34. The van der Waals surface area contributed by atoms with E-state index >= 15 is 0 Å². The molecule has 1 unspecified atom stereocenters. The third-order valence-electron chi connectivity index (χ3n) is 2.36. The molecule has 0 spiro atoms. The Balaban J connectivity index is 2.64. The predicted molar refractivity (Wildman–Crippen MR) is 72.1 cm³/mol. The topological polar surface area (TPSA) is 29.5 Å². The highest BCUT2D eigenvalue weighted by Gasteiger charge is 2.26. The largest absolute Gasteiger partial charge is 0.390 e. The van der Waals surface area contributed by atoms with Crippen LogP contribution in [0.4, 0.5) is 0 Å². The zero-order valence-electron chi connectivity index (χ0n) is 11.4. The first-order valence-corrected chi connectivity index (χ1v) is 6.82. The second-order valence-electron chi connectivity index (χ2n) is 5.73. The van der Waals surface area contributed by atoms with E-state index in [1.165, 1.54) is 5.56 Å². The van der Waals surface area contributed by atoms with E-state index in [0.29, 0.717) is 16.2 Å². The second-order valence-corrected chi connectivity index (χ2v) is 7.64. The molecule has 0 fully saturated rings. The molecule has 0 aliphatic carbocycles. The Morgan fingerprint density at radius 3 is 2.29 bits per heavy atom. The fraction of sp³-hybridized carbons (Fsp3) is 0.571. The maximum Gasteiger partial charge on any atom is 0.239 e. The Labute approximate surface area is 107 Å². The summed E-state index contributed by atoms with van der Waals surface area (Å²) in [6.07, 6.45) is 0.531. The average Bonchev–Trinajstić information content (AvgIpc) is 2.18. The lowest BCUT2D eigenvalue weighted by atomic mass is 10.0. The summed E-state index contributed by atoms with van der Waals surface area (Å²) in [5.74, 6) is -1.09. The van der Waals surface area contributed by atoms with Gasteiger partial charge in [0.25, 0.3) is 0 Å². The molecule has 94 valence electrons. The van der Waals surface area contributed by atoms with Crippen LogP contribution in [0.5, 0.6) is 0 Å². The van der Waals surface area contributed by atoms with Gasteiger partial charge < -0.3 is 9.53 Å². The van der Waals surface area contributed by atoms with Gasteiger partial charge in [0.05, 0.1) is 0 Å². The van der Waals surface area contributed by atoms with Crippen LogP contribution in [0.3, 0.4) is 0 Å². The van der Waals surface area contributed by atoms with Crippen molar-refractivity contribution in [3.63, 3.8) is 0 Å². The van der Waals surface area contributed by atoms with Gasteiger partial charge in [0.15, 0.2) is 5.79 Å². The Morgan fingerprint density at radius 2 is 1.76 bits per heavy atom. The molecular weight excluding hydrogens is 228 g/mol. The molecule has 0 amide bonds. The molecule has 1 rings (SSSR count). The highest BCUT2D eigenvalue weighted by molar-refractivity contribution is 6.31. The fourth-order valence-corrected chi connectivity index (χ4v) is 2.06. The molecule has 0 saturated heterocycles. The van der Waals surface area contributed by atoms with Crippen LogP contribution in [0, 0.1) is 6.92 Å². The average molecular weight is 250 g/mol. The molecule has 17 heavy (non-hydrogen) atoms. The van der Waals surface area contributed by atoms with Gasteiger partial charge >= 0.3 is 0 Å². The highest BCUT2D eigenvalue weighted by Crippen LogP contribution is 2.24. The van der Waals surface area contributed by atoms with E-state index in [4.69, 9.17) is 4.43 Å². The Bertz CT molecular complexity index is 367. The SMILES string of the molecule is Cc1ccccc1CC(C)(O)O[Si]C(C)(C)C. The first-order valence-electron chi connectivity index (χ1n) is 5.92. The van der Waals surface area contributed by atoms with E-state index in [2.05, 4.69) is 33.8 Å². The van der Waals surface area contributed by atoms with Gasteiger partial charge in [-0.15, -0.1) is 0 Å². The van der Waals surface area contributed by atoms with Crippen LogP contribution in [0.25, 0.3) is 0 Å². The summed E-state index contributed by atoms with van der Waals surface area (Å²) in [4.78, 5) is 0. The van der Waals surface area contributed by atoms with Crippen molar-refractivity contribution in [3.05, 3.63) is 35.4 Å². The standard InChI is InChI=1S/C14H22O2Si/c1-11-8-6-7-9-12(11)10-14(5,15)16-17-13(2,3)4/h6-9,15H,10H2,1-5H3. The van der Waals surface area contributed by atoms with Crippen molar-refractivity contribution in [2.75, 3.05) is 0 Å². The van der Waals surface area contributed by atoms with E-state index in [-0.39, 0.29) is 5.04 Å². The van der Waals surface area contributed by atoms with Gasteiger partial charge in [-0.3, -0.25) is 0 Å². The van der Waals surface area contributed by atoms with Crippen molar-refractivity contribution < 1.29 is 9.53 Å². The van der Waals surface area contributed by atoms with E-state index in [0.717, 1.165) is 5.56 Å². The molecule has 1 atom stereocenters. The molecule has 1 aromatic rings. The van der Waals surface area contributed by atoms with Crippen molar-refractivity contribution >= 4 is 9.76 Å². The molecule has 2 nitrogen and oxygen atoms in total. The summed E-state index contributed by atoms with van der Waals surface area (Å²) < 4.78 is 5.64. The summed E-state index contributed by atoms with van der Waals surface area (Å²) in [6, 6.07) is 8.08. The zero-order chi connectivity index (χ0) is 13.1. The molecule has 0 heterocycles. The summed E-state index contributed by atoms with van der Waals surface area (Å²) >= 11 is 0. The smallest absolute Gasteiger partial charge is 0.239 e. The van der Waals surface area contributed by atoms with Crippen LogP contribution in [0.15, 0.2) is 24.3 Å². The third-order valence-corrected chi connectivity index (χ3v) is 3.51. The quantitative estimate of drug-likeness (QED) is 0.657. The van der Waals surface area contributed by atoms with Crippen molar-refractivity contribution in [1.29, 1.82) is 0 Å². The van der Waals surface area contributed by atoms with Gasteiger partial charge in [-0.05, 0) is 30.0 Å². The molecular formula is C14H22O2Si.